The maximum Gasteiger partial charge on any atom is 0.320 e. The number of nitrogens with zero attached hydrogens (tertiary/aromatic N) is 2. The van der Waals surface area contributed by atoms with Gasteiger partial charge in [-0.1, -0.05) is 16.7 Å². The summed E-state index contributed by atoms with van der Waals surface area (Å²) < 4.78 is 6.16. The third-order valence-electron chi connectivity index (χ3n) is 1.95. The van der Waals surface area contributed by atoms with E-state index in [1.165, 1.54) is 0 Å². The first-order chi connectivity index (χ1) is 8.06. The first-order valence-corrected chi connectivity index (χ1v) is 6.36. The van der Waals surface area contributed by atoms with E-state index in [1.54, 1.807) is 19.1 Å². The van der Waals surface area contributed by atoms with Gasteiger partial charge in [-0.15, -0.1) is 16.7 Å². The molecule has 0 saturated carbocycles. The van der Waals surface area contributed by atoms with Gasteiger partial charge in [-0.25, -0.2) is 0 Å². The number of nitrogens with one attached hydrogen (secondary N) is 1. The molecule has 0 radical (unpaired) electrons. The van der Waals surface area contributed by atoms with Crippen molar-refractivity contribution in [2.75, 3.05) is 5.32 Å². The van der Waals surface area contributed by atoms with E-state index in [0.29, 0.717) is 10.9 Å². The lowest BCUT2D eigenvalue weighted by Gasteiger charge is -2.04. The Kier molecular flexibility index (Phi) is 3.91. The minimum atomic E-state index is -0.319. The summed E-state index contributed by atoms with van der Waals surface area (Å²) >= 11 is 15.1. The Morgan fingerprint density at radius 2 is 2.18 bits per heavy atom. The van der Waals surface area contributed by atoms with Gasteiger partial charge in [0.1, 0.15) is 5.38 Å². The standard InChI is InChI=1S/C10H8BrCl2N3O/c1-5(12)9-15-16-10(17-9)14-8-4-6(13)2-3-7(8)11/h2-5H,1H3,(H,14,16). The van der Waals surface area contributed by atoms with Crippen molar-refractivity contribution in [2.24, 2.45) is 0 Å². The predicted octanol–water partition coefficient (Wildman–Crippen LogP) is 4.53. The number of benzene rings is 1. The zero-order chi connectivity index (χ0) is 12.4. The summed E-state index contributed by atoms with van der Waals surface area (Å²) in [4.78, 5) is 0. The highest BCUT2D eigenvalue weighted by molar-refractivity contribution is 9.10. The molecular formula is C10H8BrCl2N3O. The Bertz CT molecular complexity index is 530. The summed E-state index contributed by atoms with van der Waals surface area (Å²) in [7, 11) is 0. The van der Waals surface area contributed by atoms with E-state index in [-0.39, 0.29) is 11.4 Å². The number of halogens is 3. The van der Waals surface area contributed by atoms with Crippen molar-refractivity contribution < 1.29 is 4.42 Å². The van der Waals surface area contributed by atoms with Crippen LogP contribution in [0.4, 0.5) is 11.7 Å². The minimum Gasteiger partial charge on any atom is -0.406 e. The number of hydrogen-bond donors (Lipinski definition) is 1. The molecule has 1 heterocycles. The van der Waals surface area contributed by atoms with E-state index in [9.17, 15) is 0 Å². The molecule has 1 atom stereocenters. The van der Waals surface area contributed by atoms with Gasteiger partial charge in [0, 0.05) is 9.50 Å². The Labute approximate surface area is 116 Å². The van der Waals surface area contributed by atoms with Crippen LogP contribution in [0.2, 0.25) is 5.02 Å². The van der Waals surface area contributed by atoms with E-state index in [1.807, 2.05) is 6.07 Å². The zero-order valence-electron chi connectivity index (χ0n) is 8.75. The summed E-state index contributed by atoms with van der Waals surface area (Å²) in [5.41, 5.74) is 0.745. The van der Waals surface area contributed by atoms with Crippen LogP contribution in [-0.4, -0.2) is 10.2 Å². The second-order valence-corrected chi connectivity index (χ2v) is 5.26. The lowest BCUT2D eigenvalue weighted by Crippen LogP contribution is -1.91. The van der Waals surface area contributed by atoms with Crippen molar-refractivity contribution in [3.05, 3.63) is 33.6 Å². The molecular weight excluding hydrogens is 329 g/mol. The monoisotopic (exact) mass is 335 g/mol. The molecule has 0 amide bonds. The van der Waals surface area contributed by atoms with Gasteiger partial charge in [-0.3, -0.25) is 0 Å². The lowest BCUT2D eigenvalue weighted by atomic mass is 10.3. The van der Waals surface area contributed by atoms with Gasteiger partial charge in [0.2, 0.25) is 5.89 Å². The fraction of sp³-hybridized carbons (Fsp3) is 0.200. The summed E-state index contributed by atoms with van der Waals surface area (Å²) in [6.45, 7) is 1.76. The molecule has 2 aromatic rings. The largest absolute Gasteiger partial charge is 0.406 e. The maximum absolute atomic E-state index is 5.89. The zero-order valence-corrected chi connectivity index (χ0v) is 11.8. The van der Waals surface area contributed by atoms with Crippen LogP contribution < -0.4 is 5.32 Å². The second kappa shape index (κ2) is 5.25. The molecule has 0 aliphatic carbocycles. The Morgan fingerprint density at radius 3 is 2.82 bits per heavy atom. The van der Waals surface area contributed by atoms with Crippen LogP contribution in [0.15, 0.2) is 27.1 Å². The molecule has 2 rings (SSSR count). The minimum absolute atomic E-state index is 0.274. The van der Waals surface area contributed by atoms with Crippen LogP contribution >= 0.6 is 39.1 Å². The summed E-state index contributed by atoms with van der Waals surface area (Å²) in [6.07, 6.45) is 0. The normalized spacial score (nSPS) is 12.5. The fourth-order valence-electron chi connectivity index (χ4n) is 1.15. The number of hydrogen-bond acceptors (Lipinski definition) is 4. The molecule has 0 fully saturated rings. The van der Waals surface area contributed by atoms with Crippen LogP contribution in [0.3, 0.4) is 0 Å². The molecule has 17 heavy (non-hydrogen) atoms. The van der Waals surface area contributed by atoms with Crippen LogP contribution in [0.1, 0.15) is 18.2 Å². The SMILES string of the molecule is CC(Cl)c1nnc(Nc2cc(Cl)ccc2Br)o1. The van der Waals surface area contributed by atoms with Gasteiger partial charge in [0.15, 0.2) is 0 Å². The van der Waals surface area contributed by atoms with Crippen LogP contribution in [-0.2, 0) is 0 Å². The number of alkyl halides is 1. The highest BCUT2D eigenvalue weighted by Crippen LogP contribution is 2.29. The summed E-state index contributed by atoms with van der Waals surface area (Å²) in [6, 6.07) is 5.62. The topological polar surface area (TPSA) is 51.0 Å². The molecule has 90 valence electrons. The molecule has 0 spiro atoms. The molecule has 1 unspecified atom stereocenters. The molecule has 4 nitrogen and oxygen atoms in total. The first-order valence-electron chi connectivity index (χ1n) is 4.76. The first kappa shape index (κ1) is 12.7. The Morgan fingerprint density at radius 1 is 1.41 bits per heavy atom. The molecule has 0 bridgehead atoms. The average molecular weight is 337 g/mol. The van der Waals surface area contributed by atoms with Gasteiger partial charge in [0.05, 0.1) is 5.69 Å². The third-order valence-corrected chi connectivity index (χ3v) is 3.06. The lowest BCUT2D eigenvalue weighted by molar-refractivity contribution is 0.510. The van der Waals surface area contributed by atoms with Crippen molar-refractivity contribution >= 4 is 50.8 Å². The number of aromatic nitrogens is 2. The van der Waals surface area contributed by atoms with E-state index >= 15 is 0 Å². The van der Waals surface area contributed by atoms with Crippen LogP contribution in [0.5, 0.6) is 0 Å². The summed E-state index contributed by atoms with van der Waals surface area (Å²) in [5.74, 6) is 0.368. The highest BCUT2D eigenvalue weighted by Gasteiger charge is 2.12. The van der Waals surface area contributed by atoms with Gasteiger partial charge in [-0.2, -0.15) is 0 Å². The second-order valence-electron chi connectivity index (χ2n) is 3.31. The number of rotatable bonds is 3. The van der Waals surface area contributed by atoms with Crippen molar-refractivity contribution in [3.63, 3.8) is 0 Å². The predicted molar refractivity (Wildman–Crippen MR) is 71.0 cm³/mol. The van der Waals surface area contributed by atoms with Crippen LogP contribution in [0.25, 0.3) is 0 Å². The third kappa shape index (κ3) is 3.12. The van der Waals surface area contributed by atoms with Crippen molar-refractivity contribution in [3.8, 4) is 0 Å². The van der Waals surface area contributed by atoms with Crippen molar-refractivity contribution in [2.45, 2.75) is 12.3 Å². The van der Waals surface area contributed by atoms with E-state index < -0.39 is 0 Å². The van der Waals surface area contributed by atoms with E-state index in [4.69, 9.17) is 27.6 Å². The van der Waals surface area contributed by atoms with E-state index in [0.717, 1.165) is 10.2 Å². The van der Waals surface area contributed by atoms with Gasteiger partial charge < -0.3 is 9.73 Å². The van der Waals surface area contributed by atoms with Crippen LogP contribution in [0, 0.1) is 0 Å². The Balaban J connectivity index is 2.22. The van der Waals surface area contributed by atoms with Crippen molar-refractivity contribution in [1.82, 2.24) is 10.2 Å². The molecule has 0 aliphatic rings. The highest BCUT2D eigenvalue weighted by atomic mass is 79.9. The van der Waals surface area contributed by atoms with Crippen molar-refractivity contribution in [1.29, 1.82) is 0 Å². The smallest absolute Gasteiger partial charge is 0.320 e. The van der Waals surface area contributed by atoms with Gasteiger partial charge >= 0.3 is 6.01 Å². The molecule has 0 saturated heterocycles. The fourth-order valence-corrected chi connectivity index (χ4v) is 1.76. The average Bonchev–Trinajstić information content (AvgIpc) is 2.72. The van der Waals surface area contributed by atoms with Gasteiger partial charge in [0.25, 0.3) is 0 Å². The molecule has 1 aromatic carbocycles. The molecule has 1 N–H and O–H groups in total. The van der Waals surface area contributed by atoms with Gasteiger partial charge in [-0.05, 0) is 41.1 Å². The number of anilines is 2. The Hall–Kier alpha value is -0.780. The molecule has 7 heteroatoms. The summed E-state index contributed by atoms with van der Waals surface area (Å²) in [5, 5.41) is 10.9. The maximum atomic E-state index is 5.89. The quantitative estimate of drug-likeness (QED) is 0.836. The molecule has 0 aliphatic heterocycles. The molecule has 1 aromatic heterocycles. The van der Waals surface area contributed by atoms with E-state index in [2.05, 4.69) is 31.4 Å².